The fourth-order valence-corrected chi connectivity index (χ4v) is 1.31. The molecule has 0 aromatic heterocycles. The molecule has 0 aliphatic carbocycles. The third-order valence-corrected chi connectivity index (χ3v) is 2.19. The van der Waals surface area contributed by atoms with Crippen molar-refractivity contribution >= 4 is 23.0 Å². The highest BCUT2D eigenvalue weighted by atomic mass is 16.6. The van der Waals surface area contributed by atoms with Gasteiger partial charge in [0.2, 0.25) is 5.91 Å². The number of nitrogens with zero attached hydrogens (tertiary/aromatic N) is 1. The molecule has 1 aromatic rings. The van der Waals surface area contributed by atoms with Gasteiger partial charge in [0.05, 0.1) is 11.5 Å². The Hall–Kier alpha value is -2.39. The number of amides is 1. The van der Waals surface area contributed by atoms with E-state index in [2.05, 4.69) is 10.7 Å². The van der Waals surface area contributed by atoms with Gasteiger partial charge in [0, 0.05) is 0 Å². The normalized spacial score (nSPS) is 11.7. The fourth-order valence-electron chi connectivity index (χ4n) is 1.31. The number of anilines is 2. The quantitative estimate of drug-likeness (QED) is 0.251. The number of aliphatic hydroxyl groups excluding tert-OH is 1. The molecule has 9 heteroatoms. The number of para-hydroxylation sites is 1. The number of rotatable bonds is 6. The Bertz CT molecular complexity index is 464. The van der Waals surface area contributed by atoms with Gasteiger partial charge in [0.1, 0.15) is 17.5 Å². The average Bonchev–Trinajstić information content (AvgIpc) is 2.34. The van der Waals surface area contributed by atoms with Crippen LogP contribution in [0.15, 0.2) is 18.2 Å². The third kappa shape index (κ3) is 3.06. The summed E-state index contributed by atoms with van der Waals surface area (Å²) < 4.78 is 0. The maximum Gasteiger partial charge on any atom is 0.316 e. The van der Waals surface area contributed by atoms with Crippen LogP contribution in [0.5, 0.6) is 0 Å². The standard InChI is InChI=1S/C9H13N5O4/c10-9(16)7(15)4-12-5-2-1-3-6(13-11)8(5)14(17)18/h1-3,7,12-13,15H,4,11H2,(H2,10,16). The van der Waals surface area contributed by atoms with E-state index in [1.54, 1.807) is 0 Å². The highest BCUT2D eigenvalue weighted by Gasteiger charge is 2.20. The molecule has 0 radical (unpaired) electrons. The smallest absolute Gasteiger partial charge is 0.316 e. The van der Waals surface area contributed by atoms with Crippen LogP contribution < -0.4 is 22.3 Å². The second kappa shape index (κ2) is 5.80. The molecule has 0 heterocycles. The van der Waals surface area contributed by atoms with Gasteiger partial charge in [-0.15, -0.1) is 0 Å². The summed E-state index contributed by atoms with van der Waals surface area (Å²) in [5.74, 6) is 4.24. The molecule has 0 fully saturated rings. The number of benzene rings is 1. The number of carbonyl (C=O) groups excluding carboxylic acids is 1. The number of carbonyl (C=O) groups is 1. The predicted octanol–water partition coefficient (Wildman–Crippen LogP) is -0.861. The van der Waals surface area contributed by atoms with Crippen molar-refractivity contribution in [3.05, 3.63) is 28.3 Å². The predicted molar refractivity (Wildman–Crippen MR) is 64.6 cm³/mol. The van der Waals surface area contributed by atoms with Crippen molar-refractivity contribution in [3.8, 4) is 0 Å². The van der Waals surface area contributed by atoms with E-state index in [1.807, 2.05) is 0 Å². The van der Waals surface area contributed by atoms with Gasteiger partial charge in [0.25, 0.3) is 0 Å². The number of hydrazine groups is 1. The summed E-state index contributed by atoms with van der Waals surface area (Å²) in [7, 11) is 0. The number of aliphatic hydroxyl groups is 1. The van der Waals surface area contributed by atoms with Gasteiger partial charge >= 0.3 is 5.69 Å². The first-order valence-corrected chi connectivity index (χ1v) is 4.92. The zero-order chi connectivity index (χ0) is 13.7. The minimum Gasteiger partial charge on any atom is -0.381 e. The van der Waals surface area contributed by atoms with Gasteiger partial charge in [-0.1, -0.05) is 6.07 Å². The Balaban J connectivity index is 2.95. The first-order valence-electron chi connectivity index (χ1n) is 4.92. The van der Waals surface area contributed by atoms with E-state index in [1.165, 1.54) is 18.2 Å². The van der Waals surface area contributed by atoms with E-state index in [-0.39, 0.29) is 23.6 Å². The first kappa shape index (κ1) is 13.7. The molecule has 0 saturated heterocycles. The molecular weight excluding hydrogens is 242 g/mol. The van der Waals surface area contributed by atoms with Crippen LogP contribution in [0.3, 0.4) is 0 Å². The molecule has 7 N–H and O–H groups in total. The summed E-state index contributed by atoms with van der Waals surface area (Å²) in [4.78, 5) is 20.9. The SMILES string of the molecule is NNc1cccc(NCC(O)C(N)=O)c1[N+](=O)[O-]. The zero-order valence-electron chi connectivity index (χ0n) is 9.29. The van der Waals surface area contributed by atoms with Gasteiger partial charge in [-0.3, -0.25) is 20.8 Å². The lowest BCUT2D eigenvalue weighted by molar-refractivity contribution is -0.383. The van der Waals surface area contributed by atoms with Crippen LogP contribution in [0, 0.1) is 10.1 Å². The lowest BCUT2D eigenvalue weighted by Gasteiger charge is -2.11. The summed E-state index contributed by atoms with van der Waals surface area (Å²) in [5, 5.41) is 22.7. The molecule has 0 spiro atoms. The number of nitro benzene ring substituents is 1. The Labute approximate surface area is 102 Å². The van der Waals surface area contributed by atoms with Crippen molar-refractivity contribution in [2.24, 2.45) is 11.6 Å². The minimum absolute atomic E-state index is 0.110. The van der Waals surface area contributed by atoms with Gasteiger partial charge in [-0.2, -0.15) is 0 Å². The number of nitrogens with one attached hydrogen (secondary N) is 2. The van der Waals surface area contributed by atoms with Crippen LogP contribution in [-0.4, -0.2) is 28.6 Å². The lowest BCUT2D eigenvalue weighted by atomic mass is 10.2. The van der Waals surface area contributed by atoms with Crippen LogP contribution in [0.25, 0.3) is 0 Å². The van der Waals surface area contributed by atoms with Crippen LogP contribution in [0.1, 0.15) is 0 Å². The van der Waals surface area contributed by atoms with E-state index in [4.69, 9.17) is 11.6 Å². The Morgan fingerprint density at radius 1 is 1.50 bits per heavy atom. The monoisotopic (exact) mass is 255 g/mol. The first-order chi connectivity index (χ1) is 8.47. The Morgan fingerprint density at radius 3 is 2.61 bits per heavy atom. The van der Waals surface area contributed by atoms with Crippen molar-refractivity contribution in [2.75, 3.05) is 17.3 Å². The Kier molecular flexibility index (Phi) is 4.40. The molecule has 1 rings (SSSR count). The van der Waals surface area contributed by atoms with Gasteiger partial charge < -0.3 is 21.6 Å². The van der Waals surface area contributed by atoms with Gasteiger partial charge in [0.15, 0.2) is 0 Å². The second-order valence-electron chi connectivity index (χ2n) is 3.40. The van der Waals surface area contributed by atoms with Crippen molar-refractivity contribution in [1.29, 1.82) is 0 Å². The van der Waals surface area contributed by atoms with Crippen molar-refractivity contribution in [1.82, 2.24) is 0 Å². The highest BCUT2D eigenvalue weighted by Crippen LogP contribution is 2.31. The van der Waals surface area contributed by atoms with E-state index < -0.39 is 16.9 Å². The van der Waals surface area contributed by atoms with Crippen molar-refractivity contribution in [3.63, 3.8) is 0 Å². The lowest BCUT2D eigenvalue weighted by Crippen LogP contribution is -2.34. The van der Waals surface area contributed by atoms with E-state index >= 15 is 0 Å². The van der Waals surface area contributed by atoms with Gasteiger partial charge in [-0.05, 0) is 12.1 Å². The molecule has 0 bridgehead atoms. The van der Waals surface area contributed by atoms with E-state index in [0.29, 0.717) is 0 Å². The van der Waals surface area contributed by atoms with E-state index in [0.717, 1.165) is 0 Å². The van der Waals surface area contributed by atoms with E-state index in [9.17, 15) is 20.0 Å². The topological polar surface area (TPSA) is 157 Å². The molecule has 1 amide bonds. The molecule has 1 aromatic carbocycles. The summed E-state index contributed by atoms with van der Waals surface area (Å²) in [6.45, 7) is -0.232. The molecule has 0 saturated carbocycles. The second-order valence-corrected chi connectivity index (χ2v) is 3.40. The van der Waals surface area contributed by atoms with Crippen LogP contribution in [0.2, 0.25) is 0 Å². The summed E-state index contributed by atoms with van der Waals surface area (Å²) >= 11 is 0. The minimum atomic E-state index is -1.43. The molecule has 1 unspecified atom stereocenters. The number of nitrogens with two attached hydrogens (primary N) is 2. The van der Waals surface area contributed by atoms with Crippen LogP contribution in [-0.2, 0) is 4.79 Å². The molecular formula is C9H13N5O4. The van der Waals surface area contributed by atoms with Crippen LogP contribution >= 0.6 is 0 Å². The zero-order valence-corrected chi connectivity index (χ0v) is 9.29. The maximum atomic E-state index is 10.9. The molecule has 0 aliphatic rings. The number of primary amides is 1. The number of nitrogen functional groups attached to an aromatic ring is 1. The molecule has 98 valence electrons. The average molecular weight is 255 g/mol. The Morgan fingerprint density at radius 2 is 2.11 bits per heavy atom. The van der Waals surface area contributed by atoms with Crippen molar-refractivity contribution < 1.29 is 14.8 Å². The molecule has 9 nitrogen and oxygen atoms in total. The molecule has 0 aliphatic heterocycles. The van der Waals surface area contributed by atoms with Gasteiger partial charge in [-0.25, -0.2) is 0 Å². The van der Waals surface area contributed by atoms with Crippen LogP contribution in [0.4, 0.5) is 17.1 Å². The third-order valence-electron chi connectivity index (χ3n) is 2.19. The largest absolute Gasteiger partial charge is 0.381 e. The number of hydrogen-bond donors (Lipinski definition) is 5. The summed E-state index contributed by atoms with van der Waals surface area (Å²) in [6, 6.07) is 4.38. The maximum absolute atomic E-state index is 10.9. The van der Waals surface area contributed by atoms with Crippen molar-refractivity contribution in [2.45, 2.75) is 6.10 Å². The highest BCUT2D eigenvalue weighted by molar-refractivity contribution is 5.80. The summed E-state index contributed by atoms with van der Waals surface area (Å²) in [5.41, 5.74) is 7.00. The number of nitro groups is 1. The number of hydrogen-bond acceptors (Lipinski definition) is 7. The molecule has 1 atom stereocenters. The molecule has 18 heavy (non-hydrogen) atoms. The summed E-state index contributed by atoms with van der Waals surface area (Å²) in [6.07, 6.45) is -1.43. The fraction of sp³-hybridized carbons (Fsp3) is 0.222.